The Balaban J connectivity index is 2.65. The van der Waals surface area contributed by atoms with Crippen LogP contribution in [0, 0.1) is 5.41 Å². The fourth-order valence-corrected chi connectivity index (χ4v) is 1.90. The van der Waals surface area contributed by atoms with Gasteiger partial charge in [0.25, 0.3) is 0 Å². The van der Waals surface area contributed by atoms with E-state index < -0.39 is 5.41 Å². The van der Waals surface area contributed by atoms with Gasteiger partial charge < -0.3 is 0 Å². The standard InChI is InChI=1S/C12H12O2/c1-3-12(2)10(13)8-6-4-5-7-9(8)11(12)14/h4-7H,3H2,1-2H3. The number of hydrogen-bond donors (Lipinski definition) is 0. The average molecular weight is 188 g/mol. The molecule has 0 fully saturated rings. The second-order valence-corrected chi connectivity index (χ2v) is 3.89. The molecule has 0 spiro atoms. The van der Waals surface area contributed by atoms with Gasteiger partial charge in [0, 0.05) is 11.1 Å². The van der Waals surface area contributed by atoms with E-state index in [0.717, 1.165) is 0 Å². The van der Waals surface area contributed by atoms with E-state index in [2.05, 4.69) is 0 Å². The Kier molecular flexibility index (Phi) is 1.81. The van der Waals surface area contributed by atoms with Gasteiger partial charge in [-0.1, -0.05) is 31.2 Å². The van der Waals surface area contributed by atoms with Gasteiger partial charge in [-0.05, 0) is 13.3 Å². The molecule has 1 aliphatic rings. The summed E-state index contributed by atoms with van der Waals surface area (Å²) in [4.78, 5) is 23.9. The number of rotatable bonds is 1. The molecule has 2 rings (SSSR count). The summed E-state index contributed by atoms with van der Waals surface area (Å²) in [7, 11) is 0. The Bertz CT molecular complexity index is 383. The van der Waals surface area contributed by atoms with Crippen LogP contribution in [0.1, 0.15) is 41.0 Å². The zero-order valence-electron chi connectivity index (χ0n) is 8.33. The van der Waals surface area contributed by atoms with Crippen LogP contribution in [0.2, 0.25) is 0 Å². The van der Waals surface area contributed by atoms with E-state index >= 15 is 0 Å². The highest BCUT2D eigenvalue weighted by atomic mass is 16.2. The molecule has 14 heavy (non-hydrogen) atoms. The van der Waals surface area contributed by atoms with Crippen LogP contribution in [0.4, 0.5) is 0 Å². The minimum Gasteiger partial charge on any atom is -0.293 e. The summed E-state index contributed by atoms with van der Waals surface area (Å²) in [6.07, 6.45) is 0.569. The third-order valence-electron chi connectivity index (χ3n) is 3.13. The molecule has 0 radical (unpaired) electrons. The highest BCUT2D eigenvalue weighted by molar-refractivity contribution is 6.29. The van der Waals surface area contributed by atoms with E-state index in [-0.39, 0.29) is 11.6 Å². The first-order valence-electron chi connectivity index (χ1n) is 4.80. The highest BCUT2D eigenvalue weighted by Crippen LogP contribution is 2.38. The largest absolute Gasteiger partial charge is 0.293 e. The highest BCUT2D eigenvalue weighted by Gasteiger charge is 2.47. The molecule has 0 atom stereocenters. The van der Waals surface area contributed by atoms with Crippen molar-refractivity contribution >= 4 is 11.6 Å². The van der Waals surface area contributed by atoms with Gasteiger partial charge in [0.15, 0.2) is 11.6 Å². The Labute approximate surface area is 82.9 Å². The van der Waals surface area contributed by atoms with Crippen molar-refractivity contribution in [2.75, 3.05) is 0 Å². The van der Waals surface area contributed by atoms with Gasteiger partial charge in [0.1, 0.15) is 0 Å². The average Bonchev–Trinajstić information content (AvgIpc) is 2.43. The van der Waals surface area contributed by atoms with Gasteiger partial charge in [-0.25, -0.2) is 0 Å². The molecule has 0 heterocycles. The summed E-state index contributed by atoms with van der Waals surface area (Å²) in [5, 5.41) is 0. The summed E-state index contributed by atoms with van der Waals surface area (Å²) in [5.41, 5.74) is 0.354. The zero-order valence-corrected chi connectivity index (χ0v) is 8.33. The number of fused-ring (bicyclic) bond motifs is 1. The normalized spacial score (nSPS) is 18.4. The second-order valence-electron chi connectivity index (χ2n) is 3.89. The maximum atomic E-state index is 11.9. The quantitative estimate of drug-likeness (QED) is 0.634. The molecular formula is C12H12O2. The number of carbonyl (C=O) groups is 2. The van der Waals surface area contributed by atoms with Crippen molar-refractivity contribution in [3.63, 3.8) is 0 Å². The van der Waals surface area contributed by atoms with E-state index in [9.17, 15) is 9.59 Å². The van der Waals surface area contributed by atoms with E-state index in [1.165, 1.54) is 0 Å². The van der Waals surface area contributed by atoms with Crippen LogP contribution in [0.5, 0.6) is 0 Å². The van der Waals surface area contributed by atoms with Crippen LogP contribution in [0.25, 0.3) is 0 Å². The van der Waals surface area contributed by atoms with Gasteiger partial charge >= 0.3 is 0 Å². The molecule has 72 valence electrons. The van der Waals surface area contributed by atoms with Crippen molar-refractivity contribution in [3.05, 3.63) is 35.4 Å². The van der Waals surface area contributed by atoms with Crippen molar-refractivity contribution < 1.29 is 9.59 Å². The fourth-order valence-electron chi connectivity index (χ4n) is 1.90. The third kappa shape index (κ3) is 0.910. The lowest BCUT2D eigenvalue weighted by atomic mass is 9.82. The van der Waals surface area contributed by atoms with Crippen LogP contribution in [-0.4, -0.2) is 11.6 Å². The van der Waals surface area contributed by atoms with Crippen LogP contribution in [0.15, 0.2) is 24.3 Å². The number of Topliss-reactive ketones (excluding diaryl/α,β-unsaturated/α-hetero) is 2. The van der Waals surface area contributed by atoms with Gasteiger partial charge in [-0.3, -0.25) is 9.59 Å². The number of benzene rings is 1. The Morgan fingerprint density at radius 1 is 1.07 bits per heavy atom. The molecule has 0 aliphatic heterocycles. The van der Waals surface area contributed by atoms with Gasteiger partial charge in [0.05, 0.1) is 5.41 Å². The first kappa shape index (κ1) is 9.13. The van der Waals surface area contributed by atoms with Crippen LogP contribution in [0.3, 0.4) is 0 Å². The maximum Gasteiger partial charge on any atom is 0.177 e. The first-order valence-corrected chi connectivity index (χ1v) is 4.80. The molecule has 1 aromatic carbocycles. The number of carbonyl (C=O) groups excluding carboxylic acids is 2. The summed E-state index contributed by atoms with van der Waals surface area (Å²) >= 11 is 0. The first-order chi connectivity index (χ1) is 6.61. The molecule has 1 aromatic rings. The predicted octanol–water partition coefficient (Wildman–Crippen LogP) is 2.48. The van der Waals surface area contributed by atoms with Gasteiger partial charge in [-0.15, -0.1) is 0 Å². The SMILES string of the molecule is CCC1(C)C(=O)c2ccccc2C1=O. The Hall–Kier alpha value is -1.44. The zero-order chi connectivity index (χ0) is 10.3. The van der Waals surface area contributed by atoms with Crippen molar-refractivity contribution in [1.29, 1.82) is 0 Å². The van der Waals surface area contributed by atoms with Crippen molar-refractivity contribution in [3.8, 4) is 0 Å². The molecule has 0 unspecified atom stereocenters. The minimum absolute atomic E-state index is 0.0272. The Morgan fingerprint density at radius 2 is 1.50 bits per heavy atom. The van der Waals surface area contributed by atoms with Crippen molar-refractivity contribution in [1.82, 2.24) is 0 Å². The topological polar surface area (TPSA) is 34.1 Å². The third-order valence-corrected chi connectivity index (χ3v) is 3.13. The van der Waals surface area contributed by atoms with E-state index in [0.29, 0.717) is 17.5 Å². The predicted molar refractivity (Wildman–Crippen MR) is 53.5 cm³/mol. The molecule has 1 aliphatic carbocycles. The molecule has 0 saturated heterocycles. The lowest BCUT2D eigenvalue weighted by molar-refractivity contribution is 0.0717. The summed E-state index contributed by atoms with van der Waals surface area (Å²) in [6, 6.07) is 7.06. The molecule has 0 N–H and O–H groups in total. The molecule has 0 amide bonds. The van der Waals surface area contributed by atoms with Crippen molar-refractivity contribution in [2.24, 2.45) is 5.41 Å². The summed E-state index contributed by atoms with van der Waals surface area (Å²) in [6.45, 7) is 3.61. The van der Waals surface area contributed by atoms with Crippen LogP contribution < -0.4 is 0 Å². The lowest BCUT2D eigenvalue weighted by Gasteiger charge is -2.16. The number of ketones is 2. The van der Waals surface area contributed by atoms with E-state index in [1.54, 1.807) is 31.2 Å². The molecule has 2 heteroatoms. The fraction of sp³-hybridized carbons (Fsp3) is 0.333. The Morgan fingerprint density at radius 3 is 1.86 bits per heavy atom. The number of hydrogen-bond acceptors (Lipinski definition) is 2. The molecular weight excluding hydrogens is 176 g/mol. The minimum atomic E-state index is -0.816. The van der Waals surface area contributed by atoms with Crippen LogP contribution >= 0.6 is 0 Å². The molecule has 0 saturated carbocycles. The van der Waals surface area contributed by atoms with Crippen molar-refractivity contribution in [2.45, 2.75) is 20.3 Å². The van der Waals surface area contributed by atoms with Gasteiger partial charge in [-0.2, -0.15) is 0 Å². The van der Waals surface area contributed by atoms with E-state index in [4.69, 9.17) is 0 Å². The molecule has 0 bridgehead atoms. The monoisotopic (exact) mass is 188 g/mol. The summed E-state index contributed by atoms with van der Waals surface area (Å²) in [5.74, 6) is -0.0544. The summed E-state index contributed by atoms with van der Waals surface area (Å²) < 4.78 is 0. The van der Waals surface area contributed by atoms with Crippen LogP contribution in [-0.2, 0) is 0 Å². The molecule has 0 aromatic heterocycles. The van der Waals surface area contributed by atoms with Gasteiger partial charge in [0.2, 0.25) is 0 Å². The molecule has 2 nitrogen and oxygen atoms in total. The second kappa shape index (κ2) is 2.77. The lowest BCUT2D eigenvalue weighted by Crippen LogP contribution is -2.28. The van der Waals surface area contributed by atoms with E-state index in [1.807, 2.05) is 6.92 Å². The smallest absolute Gasteiger partial charge is 0.177 e. The maximum absolute atomic E-state index is 11.9.